The van der Waals surface area contributed by atoms with Gasteiger partial charge in [-0.15, -0.1) is 0 Å². The van der Waals surface area contributed by atoms with Crippen LogP contribution in [0.3, 0.4) is 0 Å². The van der Waals surface area contributed by atoms with Gasteiger partial charge in [0.1, 0.15) is 0 Å². The second kappa shape index (κ2) is 4.18. The number of benzene rings is 1. The molecule has 1 heterocycles. The Morgan fingerprint density at radius 3 is 2.88 bits per heavy atom. The first kappa shape index (κ1) is 10.4. The lowest BCUT2D eigenvalue weighted by atomic mass is 10.0. The third-order valence-corrected chi connectivity index (χ3v) is 2.49. The van der Waals surface area contributed by atoms with Crippen LogP contribution in [0.15, 0.2) is 36.9 Å². The Bertz CT molecular complexity index is 504. The number of rotatable bonds is 3. The fourth-order valence-corrected chi connectivity index (χ4v) is 1.75. The molecule has 0 aliphatic carbocycles. The van der Waals surface area contributed by atoms with Crippen molar-refractivity contribution in [3.05, 3.63) is 48.0 Å². The van der Waals surface area contributed by atoms with E-state index in [0.29, 0.717) is 11.3 Å². The SMILES string of the molecule is CCc1cccc(C(=O)O)c1-n1ccnc1. The molecule has 0 saturated carbocycles. The van der Waals surface area contributed by atoms with E-state index in [1.807, 2.05) is 13.0 Å². The summed E-state index contributed by atoms with van der Waals surface area (Å²) in [5.74, 6) is -0.918. The molecular formula is C12H12N2O2. The zero-order chi connectivity index (χ0) is 11.5. The highest BCUT2D eigenvalue weighted by atomic mass is 16.4. The number of carbonyl (C=O) groups is 1. The summed E-state index contributed by atoms with van der Waals surface area (Å²) in [6, 6.07) is 5.31. The van der Waals surface area contributed by atoms with E-state index in [2.05, 4.69) is 4.98 Å². The first-order valence-electron chi connectivity index (χ1n) is 5.07. The van der Waals surface area contributed by atoms with Crippen LogP contribution in [0.4, 0.5) is 0 Å². The number of aryl methyl sites for hydroxylation is 1. The monoisotopic (exact) mass is 216 g/mol. The largest absolute Gasteiger partial charge is 0.478 e. The molecular weight excluding hydrogens is 204 g/mol. The molecule has 0 radical (unpaired) electrons. The maximum absolute atomic E-state index is 11.2. The Balaban J connectivity index is 2.68. The molecule has 0 atom stereocenters. The minimum Gasteiger partial charge on any atom is -0.478 e. The number of nitrogens with zero attached hydrogens (tertiary/aromatic N) is 2. The van der Waals surface area contributed by atoms with E-state index in [0.717, 1.165) is 12.0 Å². The van der Waals surface area contributed by atoms with Crippen molar-refractivity contribution in [1.82, 2.24) is 9.55 Å². The fraction of sp³-hybridized carbons (Fsp3) is 0.167. The van der Waals surface area contributed by atoms with E-state index in [4.69, 9.17) is 5.11 Å². The summed E-state index contributed by atoms with van der Waals surface area (Å²) < 4.78 is 1.74. The van der Waals surface area contributed by atoms with E-state index in [1.54, 1.807) is 35.4 Å². The number of hydrogen-bond acceptors (Lipinski definition) is 2. The van der Waals surface area contributed by atoms with Gasteiger partial charge < -0.3 is 9.67 Å². The van der Waals surface area contributed by atoms with Crippen LogP contribution >= 0.6 is 0 Å². The number of hydrogen-bond donors (Lipinski definition) is 1. The van der Waals surface area contributed by atoms with Crippen LogP contribution in [-0.4, -0.2) is 20.6 Å². The second-order valence-electron chi connectivity index (χ2n) is 3.44. The number of aromatic nitrogens is 2. The van der Waals surface area contributed by atoms with Gasteiger partial charge >= 0.3 is 5.97 Å². The van der Waals surface area contributed by atoms with Crippen molar-refractivity contribution in [2.45, 2.75) is 13.3 Å². The predicted octanol–water partition coefficient (Wildman–Crippen LogP) is 2.13. The summed E-state index contributed by atoms with van der Waals surface area (Å²) in [5, 5.41) is 9.15. The topological polar surface area (TPSA) is 55.1 Å². The third kappa shape index (κ3) is 1.69. The van der Waals surface area contributed by atoms with E-state index in [9.17, 15) is 4.79 Å². The molecule has 0 aliphatic heterocycles. The zero-order valence-electron chi connectivity index (χ0n) is 8.92. The Kier molecular flexibility index (Phi) is 2.72. The van der Waals surface area contributed by atoms with Crippen molar-refractivity contribution in [2.75, 3.05) is 0 Å². The van der Waals surface area contributed by atoms with Crippen LogP contribution in [-0.2, 0) is 6.42 Å². The molecule has 1 N–H and O–H groups in total. The highest BCUT2D eigenvalue weighted by Gasteiger charge is 2.14. The first-order valence-corrected chi connectivity index (χ1v) is 5.07. The molecule has 0 amide bonds. The van der Waals surface area contributed by atoms with Crippen LogP contribution in [0.2, 0.25) is 0 Å². The summed E-state index contributed by atoms with van der Waals surface area (Å²) in [6.07, 6.45) is 5.79. The highest BCUT2D eigenvalue weighted by molar-refractivity contribution is 5.92. The first-order chi connectivity index (χ1) is 7.74. The summed E-state index contributed by atoms with van der Waals surface area (Å²) in [7, 11) is 0. The maximum atomic E-state index is 11.2. The molecule has 82 valence electrons. The lowest BCUT2D eigenvalue weighted by Gasteiger charge is -2.11. The normalized spacial score (nSPS) is 10.3. The van der Waals surface area contributed by atoms with Crippen molar-refractivity contribution in [2.24, 2.45) is 0 Å². The molecule has 4 nitrogen and oxygen atoms in total. The molecule has 0 aliphatic rings. The Morgan fingerprint density at radius 2 is 2.31 bits per heavy atom. The zero-order valence-corrected chi connectivity index (χ0v) is 8.92. The molecule has 4 heteroatoms. The van der Waals surface area contributed by atoms with Gasteiger partial charge in [-0.3, -0.25) is 0 Å². The molecule has 2 rings (SSSR count). The summed E-state index contributed by atoms with van der Waals surface area (Å²) in [5.41, 5.74) is 2.00. The summed E-state index contributed by atoms with van der Waals surface area (Å²) in [6.45, 7) is 2.00. The predicted molar refractivity (Wildman–Crippen MR) is 59.9 cm³/mol. The fourth-order valence-electron chi connectivity index (χ4n) is 1.75. The average Bonchev–Trinajstić information content (AvgIpc) is 2.81. The number of carboxylic acid groups (broad SMARTS) is 1. The van der Waals surface area contributed by atoms with Crippen molar-refractivity contribution < 1.29 is 9.90 Å². The Labute approximate surface area is 93.2 Å². The van der Waals surface area contributed by atoms with Crippen molar-refractivity contribution in [3.63, 3.8) is 0 Å². The lowest BCUT2D eigenvalue weighted by molar-refractivity contribution is 0.0697. The molecule has 0 fully saturated rings. The van der Waals surface area contributed by atoms with E-state index < -0.39 is 5.97 Å². The highest BCUT2D eigenvalue weighted by Crippen LogP contribution is 2.20. The smallest absolute Gasteiger partial charge is 0.337 e. The lowest BCUT2D eigenvalue weighted by Crippen LogP contribution is -2.07. The van der Waals surface area contributed by atoms with E-state index in [1.165, 1.54) is 0 Å². The van der Waals surface area contributed by atoms with Gasteiger partial charge in [0.05, 0.1) is 17.6 Å². The van der Waals surface area contributed by atoms with Gasteiger partial charge in [-0.2, -0.15) is 0 Å². The van der Waals surface area contributed by atoms with Gasteiger partial charge in [0.25, 0.3) is 0 Å². The van der Waals surface area contributed by atoms with Gasteiger partial charge in [-0.05, 0) is 18.1 Å². The molecule has 16 heavy (non-hydrogen) atoms. The number of aromatic carboxylic acids is 1. The molecule has 0 bridgehead atoms. The third-order valence-electron chi connectivity index (χ3n) is 2.49. The molecule has 0 unspecified atom stereocenters. The van der Waals surface area contributed by atoms with Gasteiger partial charge in [0, 0.05) is 12.4 Å². The van der Waals surface area contributed by atoms with Crippen molar-refractivity contribution >= 4 is 5.97 Å². The minimum atomic E-state index is -0.918. The number of para-hydroxylation sites is 1. The van der Waals surface area contributed by atoms with Crippen LogP contribution in [0.25, 0.3) is 5.69 Å². The molecule has 0 spiro atoms. The molecule has 1 aromatic carbocycles. The summed E-state index contributed by atoms with van der Waals surface area (Å²) in [4.78, 5) is 15.1. The molecule has 0 saturated heterocycles. The summed E-state index contributed by atoms with van der Waals surface area (Å²) >= 11 is 0. The standard InChI is InChI=1S/C12H12N2O2/c1-2-9-4-3-5-10(12(15)16)11(9)14-7-6-13-8-14/h3-8H,2H2,1H3,(H,15,16). The van der Waals surface area contributed by atoms with Crippen LogP contribution in [0.5, 0.6) is 0 Å². The average molecular weight is 216 g/mol. The Morgan fingerprint density at radius 1 is 1.50 bits per heavy atom. The van der Waals surface area contributed by atoms with Crippen LogP contribution in [0, 0.1) is 0 Å². The van der Waals surface area contributed by atoms with E-state index >= 15 is 0 Å². The van der Waals surface area contributed by atoms with Crippen molar-refractivity contribution in [3.8, 4) is 5.69 Å². The van der Waals surface area contributed by atoms with Gasteiger partial charge in [0.2, 0.25) is 0 Å². The minimum absolute atomic E-state index is 0.303. The molecule has 2 aromatic rings. The van der Waals surface area contributed by atoms with E-state index in [-0.39, 0.29) is 0 Å². The second-order valence-corrected chi connectivity index (χ2v) is 3.44. The number of imidazole rings is 1. The van der Waals surface area contributed by atoms with Gasteiger partial charge in [0.15, 0.2) is 0 Å². The van der Waals surface area contributed by atoms with Gasteiger partial charge in [-0.1, -0.05) is 19.1 Å². The van der Waals surface area contributed by atoms with Gasteiger partial charge in [-0.25, -0.2) is 9.78 Å². The Hall–Kier alpha value is -2.10. The number of carboxylic acids is 1. The van der Waals surface area contributed by atoms with Crippen molar-refractivity contribution in [1.29, 1.82) is 0 Å². The maximum Gasteiger partial charge on any atom is 0.337 e. The molecule has 1 aromatic heterocycles. The quantitative estimate of drug-likeness (QED) is 0.855. The van der Waals surface area contributed by atoms with Crippen LogP contribution in [0.1, 0.15) is 22.8 Å². The van der Waals surface area contributed by atoms with Crippen LogP contribution < -0.4 is 0 Å².